The predicted molar refractivity (Wildman–Crippen MR) is 113 cm³/mol. The molecule has 3 fully saturated rings. The zero-order valence-corrected chi connectivity index (χ0v) is 17.8. The number of likely N-dealkylation sites (tertiary alicyclic amines) is 2. The number of carbonyl (C=O) groups excluding carboxylic acids is 2. The lowest BCUT2D eigenvalue weighted by Crippen LogP contribution is -2.44. The maximum absolute atomic E-state index is 12.7. The number of amides is 2. The first-order valence-electron chi connectivity index (χ1n) is 11.3. The Labute approximate surface area is 174 Å². The molecular weight excluding hydrogens is 366 g/mol. The smallest absolute Gasteiger partial charge is 0.233 e. The minimum atomic E-state index is -0.103. The summed E-state index contributed by atoms with van der Waals surface area (Å²) in [5.74, 6) is 1.93. The Balaban J connectivity index is 1.16. The normalized spacial score (nSPS) is 32.3. The molecule has 0 spiro atoms. The van der Waals surface area contributed by atoms with Crippen LogP contribution in [-0.4, -0.2) is 73.9 Å². The highest BCUT2D eigenvalue weighted by Crippen LogP contribution is 2.52. The Morgan fingerprint density at radius 1 is 1.07 bits per heavy atom. The molecule has 2 N–H and O–H groups in total. The third-order valence-electron chi connectivity index (χ3n) is 7.41. The van der Waals surface area contributed by atoms with Crippen LogP contribution in [0.3, 0.4) is 0 Å². The lowest BCUT2D eigenvalue weighted by molar-refractivity contribution is -0.140. The van der Waals surface area contributed by atoms with E-state index in [0.717, 1.165) is 37.8 Å². The molecule has 7 nitrogen and oxygen atoms in total. The number of nitrogens with one attached hydrogen (secondary N) is 2. The number of hydrogen-bond donors (Lipinski definition) is 2. The number of fused-ring (bicyclic) bond motifs is 5. The highest BCUT2D eigenvalue weighted by Gasteiger charge is 2.58. The standard InChI is InChI=1S/C22H35N5O2/c1-3-26-11-7-15(8-12-26)6-9-24-22(23-2)25-10-13-27-20(28)18-16-4-5-17(14-16)19(18)21(27)29/h4-5,15-19H,3,6-14H2,1-2H3,(H2,23,24,25). The average Bonchev–Trinajstić information content (AvgIpc) is 3.42. The first-order chi connectivity index (χ1) is 14.1. The van der Waals surface area contributed by atoms with E-state index in [1.807, 2.05) is 0 Å². The Kier molecular flexibility index (Phi) is 6.23. The zero-order valence-electron chi connectivity index (χ0n) is 17.8. The molecule has 160 valence electrons. The number of nitrogens with zero attached hydrogens (tertiary/aromatic N) is 3. The van der Waals surface area contributed by atoms with Crippen LogP contribution in [0.2, 0.25) is 0 Å². The van der Waals surface area contributed by atoms with Crippen molar-refractivity contribution in [2.45, 2.75) is 32.6 Å². The summed E-state index contributed by atoms with van der Waals surface area (Å²) < 4.78 is 0. The van der Waals surface area contributed by atoms with Gasteiger partial charge in [0.1, 0.15) is 0 Å². The topological polar surface area (TPSA) is 77.0 Å². The van der Waals surface area contributed by atoms with Crippen molar-refractivity contribution in [1.82, 2.24) is 20.4 Å². The number of piperidine rings is 1. The first kappa shape index (κ1) is 20.4. The van der Waals surface area contributed by atoms with Crippen LogP contribution in [0.1, 0.15) is 32.6 Å². The van der Waals surface area contributed by atoms with Crippen LogP contribution < -0.4 is 10.6 Å². The summed E-state index contributed by atoms with van der Waals surface area (Å²) in [6.45, 7) is 7.67. The van der Waals surface area contributed by atoms with Gasteiger partial charge in [-0.25, -0.2) is 0 Å². The molecule has 4 unspecified atom stereocenters. The number of hydrogen-bond acceptors (Lipinski definition) is 4. The largest absolute Gasteiger partial charge is 0.356 e. The van der Waals surface area contributed by atoms with Crippen molar-refractivity contribution >= 4 is 17.8 Å². The van der Waals surface area contributed by atoms with Gasteiger partial charge in [0.15, 0.2) is 5.96 Å². The summed E-state index contributed by atoms with van der Waals surface area (Å²) in [5, 5.41) is 6.64. The van der Waals surface area contributed by atoms with Crippen LogP contribution in [0.5, 0.6) is 0 Å². The van der Waals surface area contributed by atoms with E-state index in [0.29, 0.717) is 13.1 Å². The molecule has 0 aromatic heterocycles. The lowest BCUT2D eigenvalue weighted by atomic mass is 9.85. The molecule has 2 bridgehead atoms. The Hall–Kier alpha value is -1.89. The van der Waals surface area contributed by atoms with Crippen LogP contribution in [0.25, 0.3) is 0 Å². The van der Waals surface area contributed by atoms with Crippen LogP contribution in [-0.2, 0) is 9.59 Å². The third-order valence-corrected chi connectivity index (χ3v) is 7.41. The molecular formula is C22H35N5O2. The highest BCUT2D eigenvalue weighted by atomic mass is 16.2. The van der Waals surface area contributed by atoms with Gasteiger partial charge < -0.3 is 15.5 Å². The minimum Gasteiger partial charge on any atom is -0.356 e. The summed E-state index contributed by atoms with van der Waals surface area (Å²) in [7, 11) is 1.76. The maximum Gasteiger partial charge on any atom is 0.233 e. The number of imide groups is 1. The number of allylic oxidation sites excluding steroid dienone is 2. The van der Waals surface area contributed by atoms with Gasteiger partial charge in [-0.1, -0.05) is 19.1 Å². The molecule has 0 aromatic rings. The molecule has 1 saturated carbocycles. The molecule has 0 aromatic carbocycles. The van der Waals surface area contributed by atoms with Crippen molar-refractivity contribution in [2.75, 3.05) is 46.3 Å². The van der Waals surface area contributed by atoms with Gasteiger partial charge in [0.05, 0.1) is 11.8 Å². The van der Waals surface area contributed by atoms with Gasteiger partial charge in [-0.15, -0.1) is 0 Å². The first-order valence-corrected chi connectivity index (χ1v) is 11.3. The summed E-state index contributed by atoms with van der Waals surface area (Å²) in [6.07, 6.45) is 8.96. The van der Waals surface area contributed by atoms with Crippen molar-refractivity contribution in [3.05, 3.63) is 12.2 Å². The van der Waals surface area contributed by atoms with Crippen molar-refractivity contribution < 1.29 is 9.59 Å². The fourth-order valence-corrected chi connectivity index (χ4v) is 5.68. The van der Waals surface area contributed by atoms with Crippen LogP contribution in [0.4, 0.5) is 0 Å². The van der Waals surface area contributed by atoms with Gasteiger partial charge in [0.25, 0.3) is 0 Å². The fraction of sp³-hybridized carbons (Fsp3) is 0.773. The molecule has 7 heteroatoms. The van der Waals surface area contributed by atoms with E-state index >= 15 is 0 Å². The maximum atomic E-state index is 12.7. The Morgan fingerprint density at radius 3 is 2.28 bits per heavy atom. The highest BCUT2D eigenvalue weighted by molar-refractivity contribution is 6.06. The van der Waals surface area contributed by atoms with Gasteiger partial charge >= 0.3 is 0 Å². The molecule has 2 aliphatic heterocycles. The molecule has 2 aliphatic carbocycles. The average molecular weight is 402 g/mol. The van der Waals surface area contributed by atoms with Crippen LogP contribution >= 0.6 is 0 Å². The Bertz CT molecular complexity index is 653. The van der Waals surface area contributed by atoms with Gasteiger partial charge in [0, 0.05) is 26.7 Å². The summed E-state index contributed by atoms with van der Waals surface area (Å²) in [4.78, 5) is 33.7. The molecule has 2 saturated heterocycles. The van der Waals surface area contributed by atoms with Crippen LogP contribution in [0, 0.1) is 29.6 Å². The summed E-state index contributed by atoms with van der Waals surface area (Å²) in [5.41, 5.74) is 0. The fourth-order valence-electron chi connectivity index (χ4n) is 5.68. The van der Waals surface area contributed by atoms with Crippen molar-refractivity contribution in [3.8, 4) is 0 Å². The summed E-state index contributed by atoms with van der Waals surface area (Å²) in [6, 6.07) is 0. The van der Waals surface area contributed by atoms with E-state index in [-0.39, 0.29) is 35.5 Å². The molecule has 2 amide bonds. The van der Waals surface area contributed by atoms with Crippen molar-refractivity contribution in [2.24, 2.45) is 34.6 Å². The second-order valence-electron chi connectivity index (χ2n) is 8.92. The SMILES string of the molecule is CCN1CCC(CCNC(=NC)NCCN2C(=O)C3C4C=CC(C4)C3C2=O)CC1. The second-order valence-corrected chi connectivity index (χ2v) is 8.92. The van der Waals surface area contributed by atoms with E-state index in [1.54, 1.807) is 7.05 Å². The van der Waals surface area contributed by atoms with E-state index < -0.39 is 0 Å². The van der Waals surface area contributed by atoms with E-state index in [4.69, 9.17) is 0 Å². The lowest BCUT2D eigenvalue weighted by Gasteiger charge is -2.31. The molecule has 2 heterocycles. The third kappa shape index (κ3) is 4.06. The van der Waals surface area contributed by atoms with Crippen molar-refractivity contribution in [3.63, 3.8) is 0 Å². The van der Waals surface area contributed by atoms with Gasteiger partial charge in [-0.05, 0) is 63.1 Å². The van der Waals surface area contributed by atoms with E-state index in [1.165, 1.54) is 30.8 Å². The van der Waals surface area contributed by atoms with E-state index in [9.17, 15) is 9.59 Å². The molecule has 4 atom stereocenters. The van der Waals surface area contributed by atoms with Crippen LogP contribution in [0.15, 0.2) is 17.1 Å². The number of carbonyl (C=O) groups is 2. The molecule has 0 radical (unpaired) electrons. The Morgan fingerprint density at radius 2 is 1.69 bits per heavy atom. The van der Waals surface area contributed by atoms with Gasteiger partial charge in [-0.2, -0.15) is 0 Å². The number of guanidine groups is 1. The van der Waals surface area contributed by atoms with Gasteiger partial charge in [-0.3, -0.25) is 19.5 Å². The quantitative estimate of drug-likeness (QED) is 0.289. The van der Waals surface area contributed by atoms with Crippen molar-refractivity contribution in [1.29, 1.82) is 0 Å². The zero-order chi connectivity index (χ0) is 20.4. The minimum absolute atomic E-state index is 0.0278. The molecule has 4 aliphatic rings. The number of aliphatic imine (C=N–C) groups is 1. The predicted octanol–water partition coefficient (Wildman–Crippen LogP) is 1.08. The monoisotopic (exact) mass is 401 g/mol. The molecule has 4 rings (SSSR count). The number of rotatable bonds is 7. The second kappa shape index (κ2) is 8.86. The van der Waals surface area contributed by atoms with E-state index in [2.05, 4.69) is 39.6 Å². The molecule has 29 heavy (non-hydrogen) atoms. The summed E-state index contributed by atoms with van der Waals surface area (Å²) >= 11 is 0. The van der Waals surface area contributed by atoms with Gasteiger partial charge in [0.2, 0.25) is 11.8 Å².